The zero-order valence-electron chi connectivity index (χ0n) is 14.8. The molecule has 2 aromatic rings. The van der Waals surface area contributed by atoms with E-state index in [1.807, 2.05) is 6.07 Å². The zero-order chi connectivity index (χ0) is 19.8. The van der Waals surface area contributed by atoms with Crippen LogP contribution < -0.4 is 10.6 Å². The fraction of sp³-hybridized carbons (Fsp3) is 0.312. The molecule has 0 amide bonds. The lowest BCUT2D eigenvalue weighted by atomic mass is 10.2. The number of hydrogen-bond donors (Lipinski definition) is 4. The SMILES string of the molecule is CF.N=C/C=C(\N)n1ncc2c(C(=N)SC=N)cc(N3CCOCC3)nc21. The van der Waals surface area contributed by atoms with Crippen molar-refractivity contribution in [2.24, 2.45) is 5.73 Å². The van der Waals surface area contributed by atoms with Gasteiger partial charge in [-0.25, -0.2) is 4.98 Å². The van der Waals surface area contributed by atoms with E-state index in [1.54, 1.807) is 6.20 Å². The summed E-state index contributed by atoms with van der Waals surface area (Å²) in [6, 6.07) is 1.84. The fourth-order valence-corrected chi connectivity index (χ4v) is 3.01. The molecule has 0 bridgehead atoms. The van der Waals surface area contributed by atoms with Crippen molar-refractivity contribution in [3.63, 3.8) is 0 Å². The van der Waals surface area contributed by atoms with Crippen LogP contribution in [0.4, 0.5) is 10.2 Å². The summed E-state index contributed by atoms with van der Waals surface area (Å²) in [6.45, 7) is 2.67. The second-order valence-electron chi connectivity index (χ2n) is 5.24. The smallest absolute Gasteiger partial charge is 0.167 e. The Hall–Kier alpha value is -2.79. The maximum absolute atomic E-state index is 9.50. The van der Waals surface area contributed by atoms with E-state index >= 15 is 0 Å². The van der Waals surface area contributed by atoms with E-state index in [-0.39, 0.29) is 10.9 Å². The maximum atomic E-state index is 9.50. The van der Waals surface area contributed by atoms with Crippen LogP contribution in [0.3, 0.4) is 0 Å². The molecule has 1 aliphatic rings. The van der Waals surface area contributed by atoms with Crippen molar-refractivity contribution in [2.75, 3.05) is 38.4 Å². The fourth-order valence-electron chi connectivity index (χ4n) is 2.60. The van der Waals surface area contributed by atoms with Gasteiger partial charge in [-0.2, -0.15) is 9.78 Å². The number of alkyl halides is 1. The van der Waals surface area contributed by atoms with Gasteiger partial charge in [-0.05, 0) is 12.1 Å². The van der Waals surface area contributed by atoms with Gasteiger partial charge in [0.05, 0.1) is 32.1 Å². The van der Waals surface area contributed by atoms with Crippen molar-refractivity contribution < 1.29 is 9.13 Å². The topological polar surface area (TPSA) is 141 Å². The molecule has 1 aliphatic heterocycles. The van der Waals surface area contributed by atoms with Crippen molar-refractivity contribution in [3.8, 4) is 0 Å². The van der Waals surface area contributed by atoms with Crippen LogP contribution in [-0.4, -0.2) is 65.1 Å². The van der Waals surface area contributed by atoms with Gasteiger partial charge in [0.25, 0.3) is 0 Å². The first-order chi connectivity index (χ1) is 13.2. The van der Waals surface area contributed by atoms with Crippen molar-refractivity contribution in [1.29, 1.82) is 16.2 Å². The van der Waals surface area contributed by atoms with Crippen LogP contribution in [0.15, 0.2) is 18.3 Å². The van der Waals surface area contributed by atoms with Gasteiger partial charge < -0.3 is 26.2 Å². The number of thioether (sulfide) groups is 1. The molecule has 1 saturated heterocycles. The summed E-state index contributed by atoms with van der Waals surface area (Å²) in [4.78, 5) is 6.76. The number of rotatable bonds is 5. The third-order valence-corrected chi connectivity index (χ3v) is 4.36. The van der Waals surface area contributed by atoms with Gasteiger partial charge in [0.1, 0.15) is 16.7 Å². The van der Waals surface area contributed by atoms with Crippen LogP contribution >= 0.6 is 11.8 Å². The summed E-state index contributed by atoms with van der Waals surface area (Å²) in [7, 11) is 0.500. The van der Waals surface area contributed by atoms with Crippen molar-refractivity contribution in [2.45, 2.75) is 0 Å². The number of fused-ring (bicyclic) bond motifs is 1. The minimum Gasteiger partial charge on any atom is -0.384 e. The largest absolute Gasteiger partial charge is 0.384 e. The molecule has 0 radical (unpaired) electrons. The van der Waals surface area contributed by atoms with Crippen LogP contribution in [0.25, 0.3) is 16.9 Å². The summed E-state index contributed by atoms with van der Waals surface area (Å²) in [5.74, 6) is 0.986. The Morgan fingerprint density at radius 1 is 1.33 bits per heavy atom. The number of ether oxygens (including phenoxy) is 1. The number of aromatic nitrogens is 3. The van der Waals surface area contributed by atoms with Gasteiger partial charge in [-0.15, -0.1) is 0 Å². The van der Waals surface area contributed by atoms with Crippen LogP contribution in [0.2, 0.25) is 0 Å². The van der Waals surface area contributed by atoms with Gasteiger partial charge >= 0.3 is 0 Å². The van der Waals surface area contributed by atoms with E-state index < -0.39 is 0 Å². The second kappa shape index (κ2) is 9.78. The molecule has 3 rings (SSSR count). The second-order valence-corrected chi connectivity index (χ2v) is 6.12. The number of nitrogens with one attached hydrogen (secondary N) is 3. The minimum absolute atomic E-state index is 0.242. The molecule has 0 unspecified atom stereocenters. The average Bonchev–Trinajstić information content (AvgIpc) is 3.14. The van der Waals surface area contributed by atoms with E-state index in [1.165, 1.54) is 10.8 Å². The monoisotopic (exact) mass is 392 g/mol. The van der Waals surface area contributed by atoms with Gasteiger partial charge in [0.2, 0.25) is 0 Å². The molecule has 9 nitrogen and oxygen atoms in total. The molecular weight excluding hydrogens is 371 g/mol. The Labute approximate surface area is 159 Å². The molecule has 1 fully saturated rings. The first-order valence-electron chi connectivity index (χ1n) is 7.96. The molecule has 0 aromatic carbocycles. The number of nitrogens with two attached hydrogens (primary N) is 1. The molecule has 0 saturated carbocycles. The standard InChI is InChI=1S/C15H18N8OS.CH3F/c16-2-1-12(18)23-15-11(8-20-23)10(14(19)25-9-17)7-13(21-15)22-3-5-24-6-4-22;1-2/h1-2,7-9,16-17,19H,3-6,18H2;1H3/b12-1+,16-2?,17-9?,19-14?;. The van der Waals surface area contributed by atoms with Gasteiger partial charge in [0.15, 0.2) is 5.65 Å². The molecule has 0 aliphatic carbocycles. The lowest BCUT2D eigenvalue weighted by molar-refractivity contribution is 0.122. The first kappa shape index (κ1) is 20.5. The summed E-state index contributed by atoms with van der Waals surface area (Å²) in [6.07, 6.45) is 4.11. The number of nitrogens with zero attached hydrogens (tertiary/aromatic N) is 4. The van der Waals surface area contributed by atoms with Gasteiger partial charge in [-0.3, -0.25) is 9.80 Å². The van der Waals surface area contributed by atoms with E-state index in [0.717, 1.165) is 23.5 Å². The molecule has 3 heterocycles. The van der Waals surface area contributed by atoms with Crippen LogP contribution in [-0.2, 0) is 4.74 Å². The predicted molar refractivity (Wildman–Crippen MR) is 108 cm³/mol. The average molecular weight is 392 g/mol. The van der Waals surface area contributed by atoms with Crippen LogP contribution in [0, 0.1) is 16.2 Å². The molecule has 144 valence electrons. The highest BCUT2D eigenvalue weighted by molar-refractivity contribution is 8.25. The third-order valence-electron chi connectivity index (χ3n) is 3.78. The van der Waals surface area contributed by atoms with Crippen LogP contribution in [0.5, 0.6) is 0 Å². The molecule has 0 atom stereocenters. The van der Waals surface area contributed by atoms with E-state index in [0.29, 0.717) is 55.9 Å². The highest BCUT2D eigenvalue weighted by atomic mass is 32.2. The Balaban J connectivity index is 0.00000126. The number of pyridine rings is 1. The zero-order valence-corrected chi connectivity index (χ0v) is 15.6. The molecule has 0 spiro atoms. The van der Waals surface area contributed by atoms with E-state index in [2.05, 4.69) is 15.0 Å². The van der Waals surface area contributed by atoms with Crippen molar-refractivity contribution in [3.05, 3.63) is 23.9 Å². The highest BCUT2D eigenvalue weighted by Crippen LogP contribution is 2.27. The summed E-state index contributed by atoms with van der Waals surface area (Å²) in [5.41, 5.74) is 8.26. The summed E-state index contributed by atoms with van der Waals surface area (Å²) in [5, 5.41) is 27.8. The number of allylic oxidation sites excluding steroid dienone is 1. The predicted octanol–water partition coefficient (Wildman–Crippen LogP) is 1.93. The number of hydrogen-bond acceptors (Lipinski definition) is 9. The summed E-state index contributed by atoms with van der Waals surface area (Å²) >= 11 is 1.02. The number of anilines is 1. The van der Waals surface area contributed by atoms with Crippen molar-refractivity contribution >= 4 is 51.2 Å². The van der Waals surface area contributed by atoms with Gasteiger partial charge in [0, 0.05) is 30.3 Å². The Bertz CT molecular complexity index is 859. The lowest BCUT2D eigenvalue weighted by Gasteiger charge is -2.28. The number of halogens is 1. The molecule has 11 heteroatoms. The van der Waals surface area contributed by atoms with E-state index in [4.69, 9.17) is 26.7 Å². The maximum Gasteiger partial charge on any atom is 0.167 e. The third kappa shape index (κ3) is 4.49. The van der Waals surface area contributed by atoms with Gasteiger partial charge in [-0.1, -0.05) is 11.8 Å². The molecule has 5 N–H and O–H groups in total. The first-order valence-corrected chi connectivity index (χ1v) is 8.84. The lowest BCUT2D eigenvalue weighted by Crippen LogP contribution is -2.36. The Kier molecular flexibility index (Phi) is 7.44. The molecule has 2 aromatic heterocycles. The normalized spacial score (nSPS) is 14.4. The highest BCUT2D eigenvalue weighted by Gasteiger charge is 2.19. The molecular formula is C16H21FN8OS. The van der Waals surface area contributed by atoms with E-state index in [9.17, 15) is 4.39 Å². The Morgan fingerprint density at radius 2 is 2.04 bits per heavy atom. The van der Waals surface area contributed by atoms with Crippen LogP contribution in [0.1, 0.15) is 5.56 Å². The Morgan fingerprint density at radius 3 is 2.67 bits per heavy atom. The van der Waals surface area contributed by atoms with Crippen molar-refractivity contribution in [1.82, 2.24) is 14.8 Å². The minimum atomic E-state index is 0.242. The molecule has 27 heavy (non-hydrogen) atoms. The summed E-state index contributed by atoms with van der Waals surface area (Å²) < 4.78 is 16.3. The quantitative estimate of drug-likeness (QED) is 0.453. The number of morpholine rings is 1.